The highest BCUT2D eigenvalue weighted by Crippen LogP contribution is 2.36. The zero-order chi connectivity index (χ0) is 14.6. The van der Waals surface area contributed by atoms with Crippen LogP contribution in [0.1, 0.15) is 45.1 Å². The van der Waals surface area contributed by atoms with Gasteiger partial charge in [0, 0.05) is 6.54 Å². The van der Waals surface area contributed by atoms with E-state index >= 15 is 0 Å². The van der Waals surface area contributed by atoms with Gasteiger partial charge in [-0.25, -0.2) is 9.67 Å². The molecular formula is C13H20N4O3. The number of carbonyl (C=O) groups is 2. The summed E-state index contributed by atoms with van der Waals surface area (Å²) in [5.74, 6) is -1.05. The molecule has 7 nitrogen and oxygen atoms in total. The van der Waals surface area contributed by atoms with Gasteiger partial charge < -0.3 is 10.4 Å². The molecule has 0 saturated heterocycles. The molecule has 2 rings (SSSR count). The van der Waals surface area contributed by atoms with E-state index in [0.717, 1.165) is 19.3 Å². The fourth-order valence-corrected chi connectivity index (χ4v) is 2.64. The molecule has 1 aromatic rings. The van der Waals surface area contributed by atoms with Gasteiger partial charge in [0.1, 0.15) is 18.7 Å². The number of hydrogen-bond acceptors (Lipinski definition) is 4. The van der Waals surface area contributed by atoms with Crippen LogP contribution in [-0.2, 0) is 9.59 Å². The molecule has 1 aliphatic carbocycles. The monoisotopic (exact) mass is 280 g/mol. The van der Waals surface area contributed by atoms with E-state index < -0.39 is 17.4 Å². The van der Waals surface area contributed by atoms with Gasteiger partial charge in [0.05, 0.1) is 5.41 Å². The third-order valence-corrected chi connectivity index (χ3v) is 4.08. The van der Waals surface area contributed by atoms with Crippen molar-refractivity contribution in [1.82, 2.24) is 20.1 Å². The molecule has 2 N–H and O–H groups in total. The van der Waals surface area contributed by atoms with Crippen molar-refractivity contribution in [2.75, 3.05) is 6.54 Å². The van der Waals surface area contributed by atoms with Crippen molar-refractivity contribution in [2.24, 2.45) is 5.41 Å². The zero-order valence-electron chi connectivity index (χ0n) is 11.6. The molecule has 7 heteroatoms. The van der Waals surface area contributed by atoms with Crippen molar-refractivity contribution in [1.29, 1.82) is 0 Å². The molecule has 1 unspecified atom stereocenters. The van der Waals surface area contributed by atoms with Crippen LogP contribution in [0, 0.1) is 5.41 Å². The van der Waals surface area contributed by atoms with Gasteiger partial charge >= 0.3 is 5.97 Å². The van der Waals surface area contributed by atoms with Crippen molar-refractivity contribution in [3.05, 3.63) is 12.7 Å². The average Bonchev–Trinajstić information content (AvgIpc) is 2.99. The molecule has 0 radical (unpaired) electrons. The van der Waals surface area contributed by atoms with E-state index in [1.165, 1.54) is 17.3 Å². The minimum Gasteiger partial charge on any atom is -0.481 e. The molecule has 0 aromatic carbocycles. The molecule has 1 atom stereocenters. The van der Waals surface area contributed by atoms with Gasteiger partial charge in [-0.05, 0) is 19.8 Å². The number of carbonyl (C=O) groups excluding carboxylic acids is 1. The van der Waals surface area contributed by atoms with Gasteiger partial charge in [0.2, 0.25) is 5.91 Å². The second-order valence-corrected chi connectivity index (χ2v) is 5.42. The van der Waals surface area contributed by atoms with E-state index in [2.05, 4.69) is 15.4 Å². The Bertz CT molecular complexity index is 466. The molecule has 1 amide bonds. The lowest BCUT2D eigenvalue weighted by atomic mass is 9.74. The van der Waals surface area contributed by atoms with Crippen LogP contribution >= 0.6 is 0 Å². The SMILES string of the molecule is CC(C(=O)NCC1(C(=O)O)CCCCC1)n1cncn1. The summed E-state index contributed by atoms with van der Waals surface area (Å²) in [4.78, 5) is 27.4. The number of hydrogen-bond donors (Lipinski definition) is 2. The van der Waals surface area contributed by atoms with Crippen LogP contribution in [0.3, 0.4) is 0 Å². The standard InChI is InChI=1S/C13H20N4O3/c1-10(17-9-14-8-16-17)11(18)15-7-13(12(19)20)5-3-2-4-6-13/h8-10H,2-7H2,1H3,(H,15,18)(H,19,20). The first kappa shape index (κ1) is 14.5. The summed E-state index contributed by atoms with van der Waals surface area (Å²) in [5, 5.41) is 16.1. The number of carboxylic acids is 1. The minimum atomic E-state index is -0.814. The summed E-state index contributed by atoms with van der Waals surface area (Å²) in [5.41, 5.74) is -0.810. The van der Waals surface area contributed by atoms with Crippen LogP contribution in [0.4, 0.5) is 0 Å². The predicted molar refractivity (Wildman–Crippen MR) is 70.9 cm³/mol. The first-order valence-electron chi connectivity index (χ1n) is 6.90. The van der Waals surface area contributed by atoms with Crippen LogP contribution in [0.15, 0.2) is 12.7 Å². The fraction of sp³-hybridized carbons (Fsp3) is 0.692. The molecule has 0 bridgehead atoms. The molecule has 0 spiro atoms. The number of carboxylic acid groups (broad SMARTS) is 1. The maximum Gasteiger partial charge on any atom is 0.311 e. The van der Waals surface area contributed by atoms with Crippen molar-refractivity contribution in [3.8, 4) is 0 Å². The highest BCUT2D eigenvalue weighted by Gasteiger charge is 2.40. The average molecular weight is 280 g/mol. The van der Waals surface area contributed by atoms with Crippen LogP contribution < -0.4 is 5.32 Å². The Morgan fingerprint density at radius 2 is 2.10 bits per heavy atom. The largest absolute Gasteiger partial charge is 0.481 e. The molecular weight excluding hydrogens is 260 g/mol. The van der Waals surface area contributed by atoms with Crippen LogP contribution in [0.25, 0.3) is 0 Å². The molecule has 0 aliphatic heterocycles. The second kappa shape index (κ2) is 6.02. The molecule has 1 fully saturated rings. The Kier molecular flexibility index (Phi) is 4.36. The van der Waals surface area contributed by atoms with Crippen molar-refractivity contribution in [2.45, 2.75) is 45.1 Å². The molecule has 1 aliphatic rings. The van der Waals surface area contributed by atoms with Gasteiger partial charge in [-0.3, -0.25) is 9.59 Å². The van der Waals surface area contributed by atoms with Crippen LogP contribution in [0.5, 0.6) is 0 Å². The van der Waals surface area contributed by atoms with E-state index in [-0.39, 0.29) is 12.5 Å². The number of nitrogens with zero attached hydrogens (tertiary/aromatic N) is 3. The molecule has 1 heterocycles. The Hall–Kier alpha value is -1.92. The smallest absolute Gasteiger partial charge is 0.311 e. The highest BCUT2D eigenvalue weighted by molar-refractivity contribution is 5.81. The summed E-state index contributed by atoms with van der Waals surface area (Å²) in [6, 6.07) is -0.494. The lowest BCUT2D eigenvalue weighted by molar-refractivity contribution is -0.151. The Morgan fingerprint density at radius 1 is 1.40 bits per heavy atom. The van der Waals surface area contributed by atoms with Crippen molar-refractivity contribution in [3.63, 3.8) is 0 Å². The second-order valence-electron chi connectivity index (χ2n) is 5.42. The van der Waals surface area contributed by atoms with E-state index in [9.17, 15) is 14.7 Å². The first-order chi connectivity index (χ1) is 9.55. The summed E-state index contributed by atoms with van der Waals surface area (Å²) in [7, 11) is 0. The minimum absolute atomic E-state index is 0.181. The fourth-order valence-electron chi connectivity index (χ4n) is 2.64. The predicted octanol–water partition coefficient (Wildman–Crippen LogP) is 0.990. The van der Waals surface area contributed by atoms with E-state index in [1.54, 1.807) is 6.92 Å². The van der Waals surface area contributed by atoms with Gasteiger partial charge in [-0.15, -0.1) is 0 Å². The zero-order valence-corrected chi connectivity index (χ0v) is 11.6. The third-order valence-electron chi connectivity index (χ3n) is 4.08. The van der Waals surface area contributed by atoms with Gasteiger partial charge in [0.25, 0.3) is 0 Å². The number of amides is 1. The Morgan fingerprint density at radius 3 is 2.65 bits per heavy atom. The lowest BCUT2D eigenvalue weighted by Crippen LogP contribution is -2.45. The first-order valence-corrected chi connectivity index (χ1v) is 6.90. The normalized spacial score (nSPS) is 19.2. The van der Waals surface area contributed by atoms with Crippen molar-refractivity contribution >= 4 is 11.9 Å². The number of aromatic nitrogens is 3. The van der Waals surface area contributed by atoms with Gasteiger partial charge in [0.15, 0.2) is 0 Å². The molecule has 1 saturated carbocycles. The quantitative estimate of drug-likeness (QED) is 0.838. The molecule has 110 valence electrons. The summed E-state index contributed by atoms with van der Waals surface area (Å²) in [6.45, 7) is 1.89. The van der Waals surface area contributed by atoms with E-state index in [1.807, 2.05) is 0 Å². The number of aliphatic carboxylic acids is 1. The summed E-state index contributed by atoms with van der Waals surface area (Å²) in [6.07, 6.45) is 6.96. The maximum absolute atomic E-state index is 12.1. The number of nitrogens with one attached hydrogen (secondary N) is 1. The molecule has 1 aromatic heterocycles. The summed E-state index contributed by atoms with van der Waals surface area (Å²) >= 11 is 0. The topological polar surface area (TPSA) is 97.1 Å². The van der Waals surface area contributed by atoms with E-state index in [4.69, 9.17) is 0 Å². The van der Waals surface area contributed by atoms with Gasteiger partial charge in [-0.1, -0.05) is 19.3 Å². The van der Waals surface area contributed by atoms with E-state index in [0.29, 0.717) is 12.8 Å². The summed E-state index contributed by atoms with van der Waals surface area (Å²) < 4.78 is 1.45. The lowest BCUT2D eigenvalue weighted by Gasteiger charge is -2.33. The highest BCUT2D eigenvalue weighted by atomic mass is 16.4. The molecule has 20 heavy (non-hydrogen) atoms. The van der Waals surface area contributed by atoms with Crippen molar-refractivity contribution < 1.29 is 14.7 Å². The Labute approximate surface area is 117 Å². The maximum atomic E-state index is 12.1. The Balaban J connectivity index is 1.95. The number of rotatable bonds is 5. The third kappa shape index (κ3) is 2.97. The van der Waals surface area contributed by atoms with Crippen LogP contribution in [-0.4, -0.2) is 38.3 Å². The van der Waals surface area contributed by atoms with Gasteiger partial charge in [-0.2, -0.15) is 5.10 Å². The van der Waals surface area contributed by atoms with Crippen LogP contribution in [0.2, 0.25) is 0 Å².